The molecule has 0 spiro atoms. The molecule has 0 bridgehead atoms. The molecule has 118 valence electrons. The second-order valence-electron chi connectivity index (χ2n) is 5.39. The van der Waals surface area contributed by atoms with Gasteiger partial charge in [0.15, 0.2) is 0 Å². The number of amidine groups is 1. The number of ether oxygens (including phenoxy) is 1. The average Bonchev–Trinajstić information content (AvgIpc) is 2.47. The fourth-order valence-electron chi connectivity index (χ4n) is 2.34. The molecule has 1 aliphatic rings. The third-order valence-corrected chi connectivity index (χ3v) is 3.48. The Hall–Kier alpha value is -2.44. The van der Waals surface area contributed by atoms with Crippen molar-refractivity contribution in [1.29, 1.82) is 10.8 Å². The van der Waals surface area contributed by atoms with E-state index in [-0.39, 0.29) is 5.90 Å². The van der Waals surface area contributed by atoms with E-state index >= 15 is 0 Å². The number of amides is 2. The first-order valence-electron chi connectivity index (χ1n) is 7.12. The van der Waals surface area contributed by atoms with Crippen LogP contribution in [0.4, 0.5) is 9.18 Å². The molecule has 22 heavy (non-hydrogen) atoms. The molecule has 1 saturated heterocycles. The molecule has 2 rings (SSSR count). The maximum atomic E-state index is 12.8. The fourth-order valence-corrected chi connectivity index (χ4v) is 2.34. The van der Waals surface area contributed by atoms with Gasteiger partial charge in [0.05, 0.1) is 0 Å². The van der Waals surface area contributed by atoms with Crippen molar-refractivity contribution in [2.24, 2.45) is 5.92 Å². The normalized spacial score (nSPS) is 17.7. The topological polar surface area (TPSA) is 89.3 Å². The number of nitrogens with one attached hydrogen (secondary N) is 3. The van der Waals surface area contributed by atoms with Gasteiger partial charge in [-0.15, -0.1) is 0 Å². The van der Waals surface area contributed by atoms with Crippen LogP contribution >= 0.6 is 0 Å². The highest BCUT2D eigenvalue weighted by atomic mass is 19.1. The van der Waals surface area contributed by atoms with Crippen LogP contribution < -0.4 is 5.32 Å². The van der Waals surface area contributed by atoms with E-state index in [1.54, 1.807) is 4.90 Å². The predicted octanol–water partition coefficient (Wildman–Crippen LogP) is 2.54. The molecule has 0 saturated carbocycles. The number of piperidine rings is 1. The van der Waals surface area contributed by atoms with Crippen molar-refractivity contribution >= 4 is 18.0 Å². The van der Waals surface area contributed by atoms with Crippen LogP contribution in [0.2, 0.25) is 0 Å². The molecule has 0 unspecified atom stereocenters. The first-order valence-corrected chi connectivity index (χ1v) is 7.12. The van der Waals surface area contributed by atoms with E-state index in [0.29, 0.717) is 24.6 Å². The van der Waals surface area contributed by atoms with Gasteiger partial charge in [-0.2, -0.15) is 0 Å². The number of likely N-dealkylation sites (tertiary alicyclic amines) is 1. The number of carbonyl (C=O) groups is 1. The van der Waals surface area contributed by atoms with Crippen LogP contribution in [0, 0.1) is 22.6 Å². The minimum absolute atomic E-state index is 0.322. The number of halogens is 1. The second-order valence-corrected chi connectivity index (χ2v) is 5.39. The lowest BCUT2D eigenvalue weighted by Crippen LogP contribution is -2.47. The summed E-state index contributed by atoms with van der Waals surface area (Å²) < 4.78 is 17.8. The van der Waals surface area contributed by atoms with Gasteiger partial charge in [-0.1, -0.05) is 6.92 Å². The van der Waals surface area contributed by atoms with Crippen LogP contribution in [0.25, 0.3) is 0 Å². The Kier molecular flexibility index (Phi) is 5.08. The highest BCUT2D eigenvalue weighted by Gasteiger charge is 2.22. The summed E-state index contributed by atoms with van der Waals surface area (Å²) in [5.74, 6) is -0.302. The lowest BCUT2D eigenvalue weighted by Gasteiger charge is -2.30. The molecular weight excluding hydrogens is 287 g/mol. The van der Waals surface area contributed by atoms with Gasteiger partial charge in [0.25, 0.3) is 6.02 Å². The number of benzene rings is 1. The molecule has 0 radical (unpaired) electrons. The van der Waals surface area contributed by atoms with Gasteiger partial charge in [0.1, 0.15) is 5.82 Å². The minimum Gasteiger partial charge on any atom is -0.407 e. The third kappa shape index (κ3) is 4.28. The zero-order valence-corrected chi connectivity index (χ0v) is 12.4. The van der Waals surface area contributed by atoms with Gasteiger partial charge in [-0.3, -0.25) is 16.1 Å². The molecule has 3 N–H and O–H groups in total. The number of hydrogen-bond donors (Lipinski definition) is 3. The summed E-state index contributed by atoms with van der Waals surface area (Å²) in [4.78, 5) is 13.6. The van der Waals surface area contributed by atoms with E-state index in [4.69, 9.17) is 15.6 Å². The SMILES string of the molecule is C[C@@H]1CCCN(C(=O)NC(=N)OC(=N)c2ccc(F)cc2)C1. The Morgan fingerprint density at radius 1 is 1.36 bits per heavy atom. The van der Waals surface area contributed by atoms with Gasteiger partial charge in [-0.25, -0.2) is 9.18 Å². The predicted molar refractivity (Wildman–Crippen MR) is 80.5 cm³/mol. The van der Waals surface area contributed by atoms with E-state index in [9.17, 15) is 9.18 Å². The lowest BCUT2D eigenvalue weighted by molar-refractivity contribution is 0.173. The molecule has 0 aromatic heterocycles. The Morgan fingerprint density at radius 2 is 2.05 bits per heavy atom. The Morgan fingerprint density at radius 3 is 2.68 bits per heavy atom. The van der Waals surface area contributed by atoms with Crippen molar-refractivity contribution in [2.75, 3.05) is 13.1 Å². The quantitative estimate of drug-likeness (QED) is 0.550. The lowest BCUT2D eigenvalue weighted by atomic mass is 10.0. The average molecular weight is 306 g/mol. The van der Waals surface area contributed by atoms with Crippen LogP contribution in [0.1, 0.15) is 25.3 Å². The molecule has 1 aromatic carbocycles. The van der Waals surface area contributed by atoms with Crippen molar-refractivity contribution in [3.05, 3.63) is 35.6 Å². The molecule has 0 aliphatic carbocycles. The number of hydrogen-bond acceptors (Lipinski definition) is 4. The summed E-state index contributed by atoms with van der Waals surface area (Å²) in [7, 11) is 0. The van der Waals surface area contributed by atoms with Crippen molar-refractivity contribution < 1.29 is 13.9 Å². The maximum absolute atomic E-state index is 12.8. The van der Waals surface area contributed by atoms with Gasteiger partial charge >= 0.3 is 6.03 Å². The highest BCUT2D eigenvalue weighted by Crippen LogP contribution is 2.15. The molecule has 1 aliphatic heterocycles. The number of urea groups is 1. The van der Waals surface area contributed by atoms with E-state index in [1.165, 1.54) is 24.3 Å². The minimum atomic E-state index is -0.516. The summed E-state index contributed by atoms with van der Waals surface area (Å²) in [6, 6.07) is 4.23. The van der Waals surface area contributed by atoms with Crippen molar-refractivity contribution in [3.8, 4) is 0 Å². The molecule has 1 heterocycles. The van der Waals surface area contributed by atoms with Gasteiger partial charge < -0.3 is 9.64 Å². The van der Waals surface area contributed by atoms with Crippen molar-refractivity contribution in [3.63, 3.8) is 0 Å². The smallest absolute Gasteiger partial charge is 0.325 e. The maximum Gasteiger partial charge on any atom is 0.325 e. The third-order valence-electron chi connectivity index (χ3n) is 3.48. The first kappa shape index (κ1) is 15.9. The molecule has 1 aromatic rings. The first-order chi connectivity index (χ1) is 10.5. The number of carbonyl (C=O) groups excluding carboxylic acids is 1. The molecule has 1 fully saturated rings. The largest absolute Gasteiger partial charge is 0.407 e. The van der Waals surface area contributed by atoms with Crippen molar-refractivity contribution in [2.45, 2.75) is 19.8 Å². The monoisotopic (exact) mass is 306 g/mol. The van der Waals surface area contributed by atoms with E-state index in [0.717, 1.165) is 12.8 Å². The van der Waals surface area contributed by atoms with Crippen LogP contribution in [0.3, 0.4) is 0 Å². The summed E-state index contributed by atoms with van der Waals surface area (Å²) >= 11 is 0. The van der Waals surface area contributed by atoms with Gasteiger partial charge in [-0.05, 0) is 43.0 Å². The molecule has 7 heteroatoms. The van der Waals surface area contributed by atoms with E-state index < -0.39 is 17.9 Å². The zero-order valence-electron chi connectivity index (χ0n) is 12.4. The summed E-state index contributed by atoms with van der Waals surface area (Å²) in [5.41, 5.74) is 0.326. The van der Waals surface area contributed by atoms with Gasteiger partial charge in [0.2, 0.25) is 5.90 Å². The van der Waals surface area contributed by atoms with Gasteiger partial charge in [0, 0.05) is 18.7 Å². The van der Waals surface area contributed by atoms with Crippen LogP contribution in [0.15, 0.2) is 24.3 Å². The van der Waals surface area contributed by atoms with Crippen LogP contribution in [-0.4, -0.2) is 35.9 Å². The van der Waals surface area contributed by atoms with Crippen molar-refractivity contribution in [1.82, 2.24) is 10.2 Å². The Labute approximate surface area is 128 Å². The fraction of sp³-hybridized carbons (Fsp3) is 0.400. The standard InChI is InChI=1S/C15H19FN4O2/c1-10-3-2-8-20(9-10)15(21)19-14(18)22-13(17)11-4-6-12(16)7-5-11/h4-7,10,17H,2-3,8-9H2,1H3,(H2,18,19,21)/t10-/m1/s1. The summed E-state index contributed by atoms with van der Waals surface area (Å²) in [6.45, 7) is 3.37. The summed E-state index contributed by atoms with van der Waals surface area (Å²) in [6.07, 6.45) is 2.03. The number of rotatable bonds is 1. The van der Waals surface area contributed by atoms with Crippen LogP contribution in [-0.2, 0) is 4.74 Å². The second kappa shape index (κ2) is 7.02. The van der Waals surface area contributed by atoms with E-state index in [2.05, 4.69) is 12.2 Å². The number of nitrogens with zero attached hydrogens (tertiary/aromatic N) is 1. The Bertz CT molecular complexity index is 573. The molecular formula is C15H19FN4O2. The van der Waals surface area contributed by atoms with E-state index in [1.807, 2.05) is 0 Å². The Balaban J connectivity index is 1.85. The molecule has 1 atom stereocenters. The molecule has 6 nitrogen and oxygen atoms in total. The zero-order chi connectivity index (χ0) is 16.1. The summed E-state index contributed by atoms with van der Waals surface area (Å²) in [5, 5.41) is 17.6. The highest BCUT2D eigenvalue weighted by molar-refractivity contribution is 6.02. The van der Waals surface area contributed by atoms with Crippen LogP contribution in [0.5, 0.6) is 0 Å². The molecule has 2 amide bonds.